The maximum Gasteiger partial charge on any atom is 0.279 e. The Labute approximate surface area is 153 Å². The zero-order chi connectivity index (χ0) is 18.4. The Balaban J connectivity index is 2.02. The molecule has 25 heavy (non-hydrogen) atoms. The largest absolute Gasteiger partial charge is 0.479 e. The van der Waals surface area contributed by atoms with E-state index in [1.807, 2.05) is 19.9 Å². The van der Waals surface area contributed by atoms with Crippen molar-refractivity contribution in [3.05, 3.63) is 64.4 Å². The van der Waals surface area contributed by atoms with Gasteiger partial charge in [0.15, 0.2) is 6.10 Å². The first-order valence-electron chi connectivity index (χ1n) is 7.66. The molecule has 0 bridgehead atoms. The number of hydrogen-bond donors (Lipinski definition) is 2. The zero-order valence-electron chi connectivity index (χ0n) is 13.8. The lowest BCUT2D eigenvalue weighted by Gasteiger charge is -2.22. The van der Waals surface area contributed by atoms with Gasteiger partial charge in [-0.1, -0.05) is 38.1 Å². The van der Waals surface area contributed by atoms with Gasteiger partial charge >= 0.3 is 0 Å². The molecule has 2 aromatic carbocycles. The number of carbonyl (C=O) groups excluding carboxylic acids is 2. The van der Waals surface area contributed by atoms with Crippen LogP contribution in [0.4, 0.5) is 4.39 Å². The fourth-order valence-electron chi connectivity index (χ4n) is 2.07. The third-order valence-electron chi connectivity index (χ3n) is 3.37. The third kappa shape index (κ3) is 5.03. The Bertz CT molecular complexity index is 767. The highest BCUT2D eigenvalue weighted by Crippen LogP contribution is 2.26. The van der Waals surface area contributed by atoms with Crippen molar-refractivity contribution >= 4 is 27.7 Å². The molecule has 0 aliphatic heterocycles. The second-order valence-electron chi connectivity index (χ2n) is 5.64. The van der Waals surface area contributed by atoms with E-state index < -0.39 is 23.7 Å². The summed E-state index contributed by atoms with van der Waals surface area (Å²) in [6, 6.07) is 12.6. The Hall–Kier alpha value is -2.41. The first kappa shape index (κ1) is 18.9. The fourth-order valence-corrected chi connectivity index (χ4v) is 2.45. The van der Waals surface area contributed by atoms with Crippen LogP contribution in [-0.2, 0) is 4.79 Å². The topological polar surface area (TPSA) is 67.4 Å². The molecule has 2 aromatic rings. The molecule has 0 radical (unpaired) electrons. The van der Waals surface area contributed by atoms with Crippen LogP contribution in [0.3, 0.4) is 0 Å². The summed E-state index contributed by atoms with van der Waals surface area (Å²) in [6.45, 7) is 3.64. The normalized spacial score (nSPS) is 11.7. The van der Waals surface area contributed by atoms with E-state index in [4.69, 9.17) is 4.74 Å². The summed E-state index contributed by atoms with van der Waals surface area (Å²) < 4.78 is 20.0. The van der Waals surface area contributed by atoms with Crippen LogP contribution in [0.5, 0.6) is 5.75 Å². The minimum Gasteiger partial charge on any atom is -0.479 e. The minimum atomic E-state index is -0.834. The van der Waals surface area contributed by atoms with Crippen molar-refractivity contribution in [3.63, 3.8) is 0 Å². The predicted molar refractivity (Wildman–Crippen MR) is 95.4 cm³/mol. The highest BCUT2D eigenvalue weighted by molar-refractivity contribution is 9.10. The number of amides is 2. The summed E-state index contributed by atoms with van der Waals surface area (Å²) in [5.41, 5.74) is 4.33. The third-order valence-corrected chi connectivity index (χ3v) is 4.03. The van der Waals surface area contributed by atoms with Crippen LogP contribution in [0.15, 0.2) is 53.0 Å². The van der Waals surface area contributed by atoms with Crippen molar-refractivity contribution in [1.29, 1.82) is 0 Å². The maximum atomic E-state index is 13.6. The van der Waals surface area contributed by atoms with Crippen LogP contribution >= 0.6 is 15.9 Å². The summed E-state index contributed by atoms with van der Waals surface area (Å²) in [5.74, 6) is -1.58. The van der Waals surface area contributed by atoms with E-state index in [-0.39, 0.29) is 11.5 Å². The van der Waals surface area contributed by atoms with Gasteiger partial charge in [-0.25, -0.2) is 4.39 Å². The lowest BCUT2D eigenvalue weighted by molar-refractivity contribution is -0.130. The molecule has 2 amide bonds. The number of benzene rings is 2. The second-order valence-corrected chi connectivity index (χ2v) is 6.49. The van der Waals surface area contributed by atoms with Gasteiger partial charge in [-0.2, -0.15) is 0 Å². The molecule has 5 nitrogen and oxygen atoms in total. The standard InChI is InChI=1S/C18H18BrFN2O3/c1-11(2)16(25-15-10-6-4-8-13(15)19)18(24)22-21-17(23)12-7-3-5-9-14(12)20/h3-11,16H,1-2H3,(H,21,23)(H,22,24). The zero-order valence-corrected chi connectivity index (χ0v) is 15.3. The Morgan fingerprint density at radius 1 is 1.04 bits per heavy atom. The summed E-state index contributed by atoms with van der Waals surface area (Å²) >= 11 is 3.36. The van der Waals surface area contributed by atoms with Crippen LogP contribution in [0.2, 0.25) is 0 Å². The smallest absolute Gasteiger partial charge is 0.279 e. The Kier molecular flexibility index (Phi) is 6.52. The number of halogens is 2. The van der Waals surface area contributed by atoms with Crippen molar-refractivity contribution in [2.45, 2.75) is 20.0 Å². The van der Waals surface area contributed by atoms with Gasteiger partial charge in [-0.15, -0.1) is 0 Å². The van der Waals surface area contributed by atoms with Gasteiger partial charge in [0.2, 0.25) is 0 Å². The van der Waals surface area contributed by atoms with E-state index >= 15 is 0 Å². The molecular formula is C18H18BrFN2O3. The van der Waals surface area contributed by atoms with Gasteiger partial charge in [-0.05, 0) is 46.1 Å². The molecule has 132 valence electrons. The number of ether oxygens (including phenoxy) is 1. The fraction of sp³-hybridized carbons (Fsp3) is 0.222. The SMILES string of the molecule is CC(C)C(Oc1ccccc1Br)C(=O)NNC(=O)c1ccccc1F. The molecular weight excluding hydrogens is 391 g/mol. The first-order valence-corrected chi connectivity index (χ1v) is 8.45. The number of hydrazine groups is 1. The Morgan fingerprint density at radius 3 is 2.32 bits per heavy atom. The number of para-hydroxylation sites is 1. The average molecular weight is 409 g/mol. The van der Waals surface area contributed by atoms with Crippen molar-refractivity contribution in [2.75, 3.05) is 0 Å². The molecule has 0 spiro atoms. The summed E-state index contributed by atoms with van der Waals surface area (Å²) in [5, 5.41) is 0. The van der Waals surface area contributed by atoms with Crippen LogP contribution in [-0.4, -0.2) is 17.9 Å². The van der Waals surface area contributed by atoms with Crippen LogP contribution < -0.4 is 15.6 Å². The molecule has 0 fully saturated rings. The van der Waals surface area contributed by atoms with E-state index in [0.29, 0.717) is 10.2 Å². The van der Waals surface area contributed by atoms with Gasteiger partial charge < -0.3 is 4.74 Å². The summed E-state index contributed by atoms with van der Waals surface area (Å²) in [7, 11) is 0. The molecule has 0 aliphatic carbocycles. The average Bonchev–Trinajstić information content (AvgIpc) is 2.58. The molecule has 7 heteroatoms. The molecule has 2 N–H and O–H groups in total. The Morgan fingerprint density at radius 2 is 1.68 bits per heavy atom. The second kappa shape index (κ2) is 8.62. The van der Waals surface area contributed by atoms with Gasteiger partial charge in [0, 0.05) is 0 Å². The number of rotatable bonds is 5. The maximum absolute atomic E-state index is 13.6. The number of carbonyl (C=O) groups is 2. The van der Waals surface area contributed by atoms with Crippen molar-refractivity contribution in [1.82, 2.24) is 10.9 Å². The molecule has 1 unspecified atom stereocenters. The monoisotopic (exact) mass is 408 g/mol. The van der Waals surface area contributed by atoms with E-state index in [1.165, 1.54) is 24.3 Å². The van der Waals surface area contributed by atoms with Crippen LogP contribution in [0.1, 0.15) is 24.2 Å². The molecule has 0 saturated heterocycles. The number of nitrogens with one attached hydrogen (secondary N) is 2. The van der Waals surface area contributed by atoms with Gasteiger partial charge in [-0.3, -0.25) is 20.4 Å². The van der Waals surface area contributed by atoms with Crippen molar-refractivity contribution in [3.8, 4) is 5.75 Å². The molecule has 0 aliphatic rings. The van der Waals surface area contributed by atoms with E-state index in [1.54, 1.807) is 18.2 Å². The highest BCUT2D eigenvalue weighted by atomic mass is 79.9. The highest BCUT2D eigenvalue weighted by Gasteiger charge is 2.25. The van der Waals surface area contributed by atoms with E-state index in [2.05, 4.69) is 26.8 Å². The minimum absolute atomic E-state index is 0.155. The molecule has 0 aromatic heterocycles. The van der Waals surface area contributed by atoms with E-state index in [0.717, 1.165) is 0 Å². The predicted octanol–water partition coefficient (Wildman–Crippen LogP) is 3.45. The van der Waals surface area contributed by atoms with E-state index in [9.17, 15) is 14.0 Å². The van der Waals surface area contributed by atoms with Gasteiger partial charge in [0.25, 0.3) is 11.8 Å². The molecule has 0 saturated carbocycles. The van der Waals surface area contributed by atoms with Crippen LogP contribution in [0.25, 0.3) is 0 Å². The van der Waals surface area contributed by atoms with Gasteiger partial charge in [0.05, 0.1) is 10.0 Å². The lowest BCUT2D eigenvalue weighted by atomic mass is 10.1. The first-order chi connectivity index (χ1) is 11.9. The van der Waals surface area contributed by atoms with Crippen molar-refractivity contribution < 1.29 is 18.7 Å². The quantitative estimate of drug-likeness (QED) is 0.744. The van der Waals surface area contributed by atoms with Gasteiger partial charge in [0.1, 0.15) is 11.6 Å². The lowest BCUT2D eigenvalue weighted by Crippen LogP contribution is -2.50. The van der Waals surface area contributed by atoms with Crippen molar-refractivity contribution in [2.24, 2.45) is 5.92 Å². The summed E-state index contributed by atoms with van der Waals surface area (Å²) in [4.78, 5) is 24.3. The molecule has 2 rings (SSSR count). The molecule has 1 atom stereocenters. The number of hydrogen-bond acceptors (Lipinski definition) is 3. The summed E-state index contributed by atoms with van der Waals surface area (Å²) in [6.07, 6.45) is -0.834. The van der Waals surface area contributed by atoms with Crippen LogP contribution in [0, 0.1) is 11.7 Å². The molecule has 0 heterocycles.